The second-order valence-corrected chi connectivity index (χ2v) is 3.94. The van der Waals surface area contributed by atoms with Gasteiger partial charge in [0.15, 0.2) is 0 Å². The minimum Gasteiger partial charge on any atom is -0.0839 e. The van der Waals surface area contributed by atoms with Gasteiger partial charge < -0.3 is 0 Å². The molecule has 1 saturated carbocycles. The molecule has 0 aromatic rings. The van der Waals surface area contributed by atoms with E-state index in [1.165, 1.54) is 12.8 Å². The predicted molar refractivity (Wildman–Crippen MR) is 38.6 cm³/mol. The summed E-state index contributed by atoms with van der Waals surface area (Å²) in [5.74, 6) is 1.03. The highest BCUT2D eigenvalue weighted by molar-refractivity contribution is 14.1. The molecule has 1 fully saturated rings. The van der Waals surface area contributed by atoms with E-state index in [-0.39, 0.29) is 0 Å². The van der Waals surface area contributed by atoms with Gasteiger partial charge in [0.05, 0.1) is 0 Å². The number of alkyl halides is 1. The normalized spacial score (nSPS) is 45.6. The molecule has 2 aliphatic rings. The number of halogens is 1. The molecule has 0 N–H and O–H groups in total. The summed E-state index contributed by atoms with van der Waals surface area (Å²) in [6.45, 7) is 0. The maximum absolute atomic E-state index is 2.55. The van der Waals surface area contributed by atoms with Gasteiger partial charge >= 0.3 is 0 Å². The van der Waals surface area contributed by atoms with Crippen molar-refractivity contribution in [2.24, 2.45) is 5.92 Å². The summed E-state index contributed by atoms with van der Waals surface area (Å²) >= 11 is 2.55. The van der Waals surface area contributed by atoms with E-state index in [2.05, 4.69) is 28.7 Å². The van der Waals surface area contributed by atoms with Gasteiger partial charge in [0.2, 0.25) is 0 Å². The Hall–Kier alpha value is 0.470. The molecule has 38 valence electrons. The number of fused-ring (bicyclic) bond motifs is 1. The summed E-state index contributed by atoms with van der Waals surface area (Å²) in [5, 5.41) is 0. The lowest BCUT2D eigenvalue weighted by atomic mass is 10.3. The fraction of sp³-hybridized carbons (Fsp3) is 0.667. The van der Waals surface area contributed by atoms with Crippen molar-refractivity contribution in [2.75, 3.05) is 0 Å². The number of rotatable bonds is 0. The first-order valence-electron chi connectivity index (χ1n) is 2.71. The topological polar surface area (TPSA) is 0 Å². The lowest BCUT2D eigenvalue weighted by molar-refractivity contribution is 0.843. The first-order chi connectivity index (χ1) is 3.38. The zero-order valence-electron chi connectivity index (χ0n) is 4.02. The molecule has 2 atom stereocenters. The van der Waals surface area contributed by atoms with Crippen molar-refractivity contribution in [3.63, 3.8) is 0 Å². The number of allylic oxidation sites excluding steroid dienone is 2. The van der Waals surface area contributed by atoms with Crippen LogP contribution in [-0.4, -0.2) is 3.92 Å². The average Bonchev–Trinajstić information content (AvgIpc) is 2.33. The van der Waals surface area contributed by atoms with Crippen LogP contribution in [0.1, 0.15) is 12.8 Å². The Morgan fingerprint density at radius 1 is 1.71 bits per heavy atom. The Labute approximate surface area is 57.1 Å². The van der Waals surface area contributed by atoms with Gasteiger partial charge in [-0.15, -0.1) is 0 Å². The lowest BCUT2D eigenvalue weighted by Gasteiger charge is -1.94. The molecule has 0 bridgehead atoms. The molecule has 0 aromatic carbocycles. The van der Waals surface area contributed by atoms with Gasteiger partial charge in [0.1, 0.15) is 0 Å². The third-order valence-corrected chi connectivity index (χ3v) is 3.19. The quantitative estimate of drug-likeness (QED) is 0.323. The molecule has 1 heteroatoms. The van der Waals surface area contributed by atoms with Gasteiger partial charge in [-0.1, -0.05) is 34.2 Å². The minimum absolute atomic E-state index is 0.965. The summed E-state index contributed by atoms with van der Waals surface area (Å²) in [5.41, 5.74) is 1.74. The van der Waals surface area contributed by atoms with Gasteiger partial charge in [0.25, 0.3) is 0 Å². The standard InChI is InChI=1S/C6H7I/c7-6-2-1-4-3-5(4)6/h1,5-6H,2-3H2. The first kappa shape index (κ1) is 4.36. The monoisotopic (exact) mass is 206 g/mol. The van der Waals surface area contributed by atoms with Crippen LogP contribution in [0.2, 0.25) is 0 Å². The van der Waals surface area contributed by atoms with E-state index in [1.807, 2.05) is 0 Å². The van der Waals surface area contributed by atoms with E-state index in [1.54, 1.807) is 5.57 Å². The van der Waals surface area contributed by atoms with Crippen LogP contribution in [0.5, 0.6) is 0 Å². The smallest absolute Gasteiger partial charge is 0.0213 e. The Bertz CT molecular complexity index is 126. The van der Waals surface area contributed by atoms with Crippen molar-refractivity contribution >= 4 is 22.6 Å². The first-order valence-corrected chi connectivity index (χ1v) is 3.95. The summed E-state index contributed by atoms with van der Waals surface area (Å²) in [6.07, 6.45) is 5.18. The van der Waals surface area contributed by atoms with Crippen molar-refractivity contribution in [1.82, 2.24) is 0 Å². The molecule has 0 saturated heterocycles. The highest BCUT2D eigenvalue weighted by atomic mass is 127. The fourth-order valence-electron chi connectivity index (χ4n) is 1.22. The molecule has 7 heavy (non-hydrogen) atoms. The second kappa shape index (κ2) is 1.24. The van der Waals surface area contributed by atoms with Crippen LogP contribution in [0.4, 0.5) is 0 Å². The molecule has 2 aliphatic carbocycles. The molecule has 0 radical (unpaired) electrons. The molecule has 2 unspecified atom stereocenters. The Balaban J connectivity index is 2.23. The number of hydrogen-bond acceptors (Lipinski definition) is 0. The van der Waals surface area contributed by atoms with Gasteiger partial charge in [-0.3, -0.25) is 0 Å². The van der Waals surface area contributed by atoms with Crippen LogP contribution in [0.3, 0.4) is 0 Å². The summed E-state index contributed by atoms with van der Waals surface area (Å²) < 4.78 is 0.965. The van der Waals surface area contributed by atoms with Gasteiger partial charge in [0, 0.05) is 3.92 Å². The van der Waals surface area contributed by atoms with Crippen molar-refractivity contribution in [2.45, 2.75) is 16.8 Å². The van der Waals surface area contributed by atoms with Crippen LogP contribution in [0.25, 0.3) is 0 Å². The summed E-state index contributed by atoms with van der Waals surface area (Å²) in [7, 11) is 0. The van der Waals surface area contributed by atoms with Crippen LogP contribution in [0.15, 0.2) is 11.6 Å². The molecule has 0 heterocycles. The maximum Gasteiger partial charge on any atom is 0.0213 e. The van der Waals surface area contributed by atoms with Gasteiger partial charge in [-0.05, 0) is 18.8 Å². The molecule has 2 rings (SSSR count). The Kier molecular flexibility index (Phi) is 0.775. The van der Waals surface area contributed by atoms with Crippen molar-refractivity contribution in [1.29, 1.82) is 0 Å². The Morgan fingerprint density at radius 2 is 2.57 bits per heavy atom. The molecule has 0 nitrogen and oxygen atoms in total. The van der Waals surface area contributed by atoms with E-state index in [0.29, 0.717) is 0 Å². The van der Waals surface area contributed by atoms with Crippen LogP contribution >= 0.6 is 22.6 Å². The van der Waals surface area contributed by atoms with Crippen molar-refractivity contribution in [3.05, 3.63) is 11.6 Å². The van der Waals surface area contributed by atoms with Crippen LogP contribution in [0, 0.1) is 5.92 Å². The van der Waals surface area contributed by atoms with Crippen molar-refractivity contribution < 1.29 is 0 Å². The van der Waals surface area contributed by atoms with Crippen LogP contribution < -0.4 is 0 Å². The number of hydrogen-bond donors (Lipinski definition) is 0. The predicted octanol–water partition coefficient (Wildman–Crippen LogP) is 2.14. The van der Waals surface area contributed by atoms with E-state index >= 15 is 0 Å². The van der Waals surface area contributed by atoms with Gasteiger partial charge in [-0.25, -0.2) is 0 Å². The maximum atomic E-state index is 2.55. The summed E-state index contributed by atoms with van der Waals surface area (Å²) in [4.78, 5) is 0. The Morgan fingerprint density at radius 3 is 2.71 bits per heavy atom. The third kappa shape index (κ3) is 0.540. The summed E-state index contributed by atoms with van der Waals surface area (Å²) in [6, 6.07) is 0. The van der Waals surface area contributed by atoms with E-state index < -0.39 is 0 Å². The second-order valence-electron chi connectivity index (χ2n) is 2.34. The molecule has 0 spiro atoms. The molecular weight excluding hydrogens is 199 g/mol. The average molecular weight is 206 g/mol. The van der Waals surface area contributed by atoms with E-state index in [4.69, 9.17) is 0 Å². The SMILES string of the molecule is IC1CC=C2CC21. The zero-order chi connectivity index (χ0) is 4.85. The lowest BCUT2D eigenvalue weighted by Crippen LogP contribution is -1.91. The molecule has 0 amide bonds. The molecular formula is C6H7I. The highest BCUT2D eigenvalue weighted by Gasteiger charge is 2.39. The third-order valence-electron chi connectivity index (χ3n) is 1.81. The minimum atomic E-state index is 0.965. The van der Waals surface area contributed by atoms with E-state index in [0.717, 1.165) is 9.84 Å². The highest BCUT2D eigenvalue weighted by Crippen LogP contribution is 2.50. The van der Waals surface area contributed by atoms with E-state index in [9.17, 15) is 0 Å². The molecule has 0 aliphatic heterocycles. The molecule has 0 aromatic heterocycles. The largest absolute Gasteiger partial charge is 0.0839 e. The fourth-order valence-corrected chi connectivity index (χ4v) is 2.19. The van der Waals surface area contributed by atoms with Crippen molar-refractivity contribution in [3.8, 4) is 0 Å². The zero-order valence-corrected chi connectivity index (χ0v) is 6.18. The van der Waals surface area contributed by atoms with Gasteiger partial charge in [-0.2, -0.15) is 0 Å². The van der Waals surface area contributed by atoms with Crippen LogP contribution in [-0.2, 0) is 0 Å².